The fraction of sp³-hybridized carbons (Fsp3) is 0. The first-order valence-electron chi connectivity index (χ1n) is 24.5. The normalized spacial score (nSPS) is 15.1. The first-order chi connectivity index (χ1) is 33.7. The zero-order valence-electron chi connectivity index (χ0n) is 42.4. The highest BCUT2D eigenvalue weighted by molar-refractivity contribution is 7.26. The maximum absolute atomic E-state index is 9.52. The summed E-state index contributed by atoms with van der Waals surface area (Å²) in [5.41, 5.74) is 1.95. The van der Waals surface area contributed by atoms with E-state index in [0.29, 0.717) is 11.1 Å². The Labute approximate surface area is 349 Å². The molecule has 0 aliphatic carbocycles. The quantitative estimate of drug-likeness (QED) is 0.175. The number of thiophene rings is 1. The van der Waals surface area contributed by atoms with Crippen LogP contribution in [-0.4, -0.2) is 19.5 Å². The third-order valence-corrected chi connectivity index (χ3v) is 11.3. The third-order valence-electron chi connectivity index (χ3n) is 10.2. The molecule has 5 nitrogen and oxygen atoms in total. The van der Waals surface area contributed by atoms with Crippen molar-refractivity contribution in [3.63, 3.8) is 0 Å². The van der Waals surface area contributed by atoms with E-state index in [1.165, 1.54) is 6.07 Å². The van der Waals surface area contributed by atoms with Crippen molar-refractivity contribution in [3.8, 4) is 51.0 Å². The van der Waals surface area contributed by atoms with Gasteiger partial charge < -0.3 is 8.98 Å². The smallest absolute Gasteiger partial charge is 0.164 e. The van der Waals surface area contributed by atoms with Crippen molar-refractivity contribution >= 4 is 75.3 Å². The molecule has 8 aromatic carbocycles. The zero-order valence-corrected chi connectivity index (χ0v) is 30.2. The molecule has 266 valence electrons. The first kappa shape index (κ1) is 21.6. The van der Waals surface area contributed by atoms with Gasteiger partial charge in [0.05, 0.1) is 34.5 Å². The molecule has 0 aliphatic rings. The summed E-state index contributed by atoms with van der Waals surface area (Å²) >= 11 is 1.62. The highest BCUT2D eigenvalue weighted by Crippen LogP contribution is 2.43. The van der Waals surface area contributed by atoms with Gasteiger partial charge in [0.1, 0.15) is 5.58 Å². The topological polar surface area (TPSA) is 56.7 Å². The van der Waals surface area contributed by atoms with Crippen LogP contribution in [0.15, 0.2) is 186 Å². The maximum Gasteiger partial charge on any atom is 0.164 e. The van der Waals surface area contributed by atoms with Gasteiger partial charge in [0.25, 0.3) is 0 Å². The number of hydrogen-bond donors (Lipinski definition) is 0. The Kier molecular flexibility index (Phi) is 4.77. The average Bonchev–Trinajstić information content (AvgIpc) is 4.06. The number of furan rings is 1. The second-order valence-corrected chi connectivity index (χ2v) is 14.5. The van der Waals surface area contributed by atoms with E-state index in [1.807, 2.05) is 66.7 Å². The number of benzene rings is 8. The maximum atomic E-state index is 9.52. The van der Waals surface area contributed by atoms with Gasteiger partial charge in [-0.05, 0) is 47.4 Å². The molecular formula is C51H30N4OS. The molecule has 6 heteroatoms. The molecule has 0 saturated carbocycles. The molecule has 4 aromatic heterocycles. The summed E-state index contributed by atoms with van der Waals surface area (Å²) in [5, 5.41) is 1.45. The fourth-order valence-corrected chi connectivity index (χ4v) is 8.83. The van der Waals surface area contributed by atoms with Gasteiger partial charge in [-0.2, -0.15) is 0 Å². The summed E-state index contributed by atoms with van der Waals surface area (Å²) in [6.45, 7) is 0. The number of nitrogens with zero attached hydrogens (tertiary/aromatic N) is 4. The van der Waals surface area contributed by atoms with Crippen molar-refractivity contribution < 1.29 is 22.2 Å². The number of hydrogen-bond acceptors (Lipinski definition) is 5. The van der Waals surface area contributed by atoms with Crippen molar-refractivity contribution in [3.05, 3.63) is 182 Å². The molecule has 0 atom stereocenters. The Morgan fingerprint density at radius 3 is 1.95 bits per heavy atom. The SMILES string of the molecule is [2H]c1cc2c(oc3c([2H])c([2H])c([2H])c(-c4nc(-c5ccccc5)nc(-c5cccc6sc7cc(-c8ccccc8)ccc7c56)n4)c32)c(-n2c3c([2H])c([2H])c([2H])c([2H])c3c3c([2H])c([2H])c([2H])c([2H])c32)c1[2H]. The summed E-state index contributed by atoms with van der Waals surface area (Å²) in [6.07, 6.45) is 0. The van der Waals surface area contributed by atoms with Gasteiger partial charge >= 0.3 is 0 Å². The first-order valence-corrected chi connectivity index (χ1v) is 18.8. The minimum Gasteiger partial charge on any atom is -0.454 e. The molecule has 0 saturated heterocycles. The summed E-state index contributed by atoms with van der Waals surface area (Å²) in [6, 6.07) is 25.1. The lowest BCUT2D eigenvalue weighted by Crippen LogP contribution is -2.00. The van der Waals surface area contributed by atoms with E-state index in [2.05, 4.69) is 30.3 Å². The van der Waals surface area contributed by atoms with Crippen LogP contribution < -0.4 is 0 Å². The van der Waals surface area contributed by atoms with Crippen LogP contribution in [-0.2, 0) is 0 Å². The van der Waals surface area contributed by atoms with E-state index in [4.69, 9.17) is 31.7 Å². The van der Waals surface area contributed by atoms with Gasteiger partial charge in [-0.15, -0.1) is 11.3 Å². The lowest BCUT2D eigenvalue weighted by Gasteiger charge is -2.10. The highest BCUT2D eigenvalue weighted by atomic mass is 32.1. The predicted octanol–water partition coefficient (Wildman–Crippen LogP) is 13.9. The van der Waals surface area contributed by atoms with Gasteiger partial charge in [0, 0.05) is 58.4 Å². The lowest BCUT2D eigenvalue weighted by molar-refractivity contribution is 0.666. The number of fused-ring (bicyclic) bond motifs is 9. The second-order valence-electron chi connectivity index (χ2n) is 13.4. The molecule has 0 fully saturated rings. The van der Waals surface area contributed by atoms with Crippen LogP contribution in [0, 0.1) is 0 Å². The van der Waals surface area contributed by atoms with Crippen LogP contribution in [0.25, 0.3) is 115 Å². The van der Waals surface area contributed by atoms with Gasteiger partial charge in [0.2, 0.25) is 0 Å². The van der Waals surface area contributed by atoms with Crippen LogP contribution in [0.4, 0.5) is 0 Å². The second kappa shape index (κ2) is 12.6. The Bertz CT molecular complexity index is 4210. The summed E-state index contributed by atoms with van der Waals surface area (Å²) in [7, 11) is 0. The van der Waals surface area contributed by atoms with Gasteiger partial charge in [-0.3, -0.25) is 0 Å². The van der Waals surface area contributed by atoms with E-state index in [-0.39, 0.29) is 72.5 Å². The molecule has 12 aromatic rings. The lowest BCUT2D eigenvalue weighted by atomic mass is 10.0. The van der Waals surface area contributed by atoms with Crippen molar-refractivity contribution in [1.82, 2.24) is 19.5 Å². The van der Waals surface area contributed by atoms with Gasteiger partial charge in [-0.25, -0.2) is 15.0 Å². The highest BCUT2D eigenvalue weighted by Gasteiger charge is 2.22. The van der Waals surface area contributed by atoms with Gasteiger partial charge in [-0.1, -0.05) is 145 Å². The minimum atomic E-state index is -0.678. The Hall–Kier alpha value is -7.41. The fourth-order valence-electron chi connectivity index (χ4n) is 7.66. The van der Waals surface area contributed by atoms with Crippen molar-refractivity contribution in [1.29, 1.82) is 0 Å². The third kappa shape index (κ3) is 4.98. The molecule has 0 bridgehead atoms. The van der Waals surface area contributed by atoms with Crippen LogP contribution in [0.3, 0.4) is 0 Å². The van der Waals surface area contributed by atoms with Crippen LogP contribution in [0.5, 0.6) is 0 Å². The van der Waals surface area contributed by atoms with E-state index in [9.17, 15) is 5.48 Å². The van der Waals surface area contributed by atoms with E-state index in [0.717, 1.165) is 35.9 Å². The van der Waals surface area contributed by atoms with E-state index < -0.39 is 78.6 Å². The molecule has 57 heavy (non-hydrogen) atoms. The minimum absolute atomic E-state index is 0.0316. The predicted molar refractivity (Wildman–Crippen MR) is 236 cm³/mol. The molecule has 4 heterocycles. The molecular weight excluding hydrogens is 717 g/mol. The summed E-state index contributed by atoms with van der Waals surface area (Å²) < 4.78 is 126. The molecule has 12 rings (SSSR count). The Balaban J connectivity index is 1.19. The average molecular weight is 760 g/mol. The number of para-hydroxylation sites is 3. The van der Waals surface area contributed by atoms with Crippen molar-refractivity contribution in [2.45, 2.75) is 0 Å². The summed E-state index contributed by atoms with van der Waals surface area (Å²) in [4.78, 5) is 15.0. The molecule has 0 unspecified atom stereocenters. The molecule has 0 aliphatic heterocycles. The van der Waals surface area contributed by atoms with Crippen molar-refractivity contribution in [2.75, 3.05) is 0 Å². The number of rotatable bonds is 5. The number of aromatic nitrogens is 4. The van der Waals surface area contributed by atoms with Crippen LogP contribution in [0.2, 0.25) is 0 Å². The Morgan fingerprint density at radius 2 is 1.18 bits per heavy atom. The zero-order chi connectivity index (χ0) is 48.8. The molecule has 0 N–H and O–H groups in total. The molecule has 0 amide bonds. The van der Waals surface area contributed by atoms with Crippen LogP contribution >= 0.6 is 11.3 Å². The molecule has 0 spiro atoms. The Morgan fingerprint density at radius 1 is 0.474 bits per heavy atom. The van der Waals surface area contributed by atoms with Gasteiger partial charge in [0.15, 0.2) is 23.1 Å². The standard InChI is InChI=1S/C51H30N4OS/c1-3-14-31(15-4-1)33-28-29-36-45(30-33)57-44-27-13-22-39(47(36)44)51-53-49(32-16-5-2-6-17-32)52-50(54-51)38-21-12-26-43-46(38)37-20-11-25-42(48(37)56-43)55-40-23-9-7-18-34(40)35-19-8-10-24-41(35)55/h1-30H/i7D,8D,9D,10D,11D,12D,18D,19D,21D,23D,24D,25D,26D. The van der Waals surface area contributed by atoms with Crippen LogP contribution in [0.1, 0.15) is 17.8 Å². The largest absolute Gasteiger partial charge is 0.454 e. The van der Waals surface area contributed by atoms with E-state index in [1.54, 1.807) is 11.3 Å². The monoisotopic (exact) mass is 759 g/mol. The molecule has 0 radical (unpaired) electrons. The van der Waals surface area contributed by atoms with E-state index >= 15 is 0 Å². The van der Waals surface area contributed by atoms with Crippen molar-refractivity contribution in [2.24, 2.45) is 0 Å². The summed E-state index contributed by atoms with van der Waals surface area (Å²) in [5.74, 6) is 0.405.